The monoisotopic (exact) mass is 1120 g/mol. The molecular formula is C59H57GeIrN5O-2. The summed E-state index contributed by atoms with van der Waals surface area (Å²) in [4.78, 5) is 19.3. The second-order valence-corrected chi connectivity index (χ2v) is 29.8. The van der Waals surface area contributed by atoms with Gasteiger partial charge in [-0.2, -0.15) is 0 Å². The van der Waals surface area contributed by atoms with Crippen LogP contribution in [0.5, 0.6) is 0 Å². The number of aromatic nitrogens is 5. The zero-order valence-corrected chi connectivity index (χ0v) is 44.6. The number of hydrogen-bond donors (Lipinski definition) is 0. The Labute approximate surface area is 411 Å². The van der Waals surface area contributed by atoms with Crippen molar-refractivity contribution in [3.63, 3.8) is 0 Å². The minimum atomic E-state index is -2.03. The summed E-state index contributed by atoms with van der Waals surface area (Å²) in [6, 6.07) is 51.6. The van der Waals surface area contributed by atoms with E-state index in [0.717, 1.165) is 72.5 Å². The summed E-state index contributed by atoms with van der Waals surface area (Å²) in [5.41, 5.74) is 16.8. The number of imidazole rings is 1. The van der Waals surface area contributed by atoms with Gasteiger partial charge in [-0.15, -0.1) is 17.7 Å². The Morgan fingerprint density at radius 3 is 2.03 bits per heavy atom. The van der Waals surface area contributed by atoms with E-state index in [1.165, 1.54) is 32.2 Å². The number of pyridine rings is 3. The molecule has 5 aromatic carbocycles. The van der Waals surface area contributed by atoms with Gasteiger partial charge in [-0.05, 0) is 52.8 Å². The third-order valence-electron chi connectivity index (χ3n) is 12.5. The van der Waals surface area contributed by atoms with E-state index in [1.54, 1.807) is 0 Å². The van der Waals surface area contributed by atoms with Crippen LogP contribution in [0.3, 0.4) is 0 Å². The van der Waals surface area contributed by atoms with Gasteiger partial charge in [0.15, 0.2) is 0 Å². The fraction of sp³-hybridized carbons (Fsp3) is 0.220. The van der Waals surface area contributed by atoms with Gasteiger partial charge >= 0.3 is 154 Å². The standard InChI is InChI=1S/C36H31N4O.C23H26GeN.Ir/c1-21(2)29-19-37-20-31-33(29)40(26-14-12-25(13-15-26)24-9-7-6-8-10-24)35(38-31)28-16-11-23(5)32-27-17-18-30(22(3)4)39-36(27)41-34(28)32;1-17(2)18-11-13-19(14-12-18)21-15-23(20-9-7-6-8-10-20)25-16-22(21)24(3,4)5;/h6-15,17-22H,1-5H3;6-9,11-17H,1-5H3;/q2*-1;. The molecular weight excluding hydrogens is 1060 g/mol. The summed E-state index contributed by atoms with van der Waals surface area (Å²) in [6.45, 7) is 15.3. The molecule has 339 valence electrons. The van der Waals surface area contributed by atoms with Crippen LogP contribution in [0.2, 0.25) is 17.3 Å². The first kappa shape index (κ1) is 47.5. The summed E-state index contributed by atoms with van der Waals surface area (Å²) >= 11 is -2.03. The Morgan fingerprint density at radius 1 is 0.672 bits per heavy atom. The van der Waals surface area contributed by atoms with Crippen molar-refractivity contribution in [3.05, 3.63) is 181 Å². The van der Waals surface area contributed by atoms with Gasteiger partial charge in [-0.1, -0.05) is 88.0 Å². The van der Waals surface area contributed by atoms with Gasteiger partial charge in [0.2, 0.25) is 5.71 Å². The van der Waals surface area contributed by atoms with Gasteiger partial charge < -0.3 is 8.98 Å². The summed E-state index contributed by atoms with van der Waals surface area (Å²) in [6.07, 6.45) is 5.92. The first-order valence-electron chi connectivity index (χ1n) is 23.1. The second-order valence-electron chi connectivity index (χ2n) is 19.2. The fourth-order valence-corrected chi connectivity index (χ4v) is 11.8. The average Bonchev–Trinajstić information content (AvgIpc) is 3.92. The van der Waals surface area contributed by atoms with Crippen LogP contribution < -0.4 is 4.40 Å². The molecule has 0 unspecified atom stereocenters. The largest absolute Gasteiger partial charge is 0.486 e. The number of hydrogen-bond acceptors (Lipinski definition) is 5. The maximum absolute atomic E-state index is 6.54. The molecule has 10 aromatic rings. The van der Waals surface area contributed by atoms with Crippen LogP contribution in [0, 0.1) is 19.1 Å². The average molecular weight is 1120 g/mol. The Hall–Kier alpha value is -5.99. The van der Waals surface area contributed by atoms with Crippen molar-refractivity contribution in [2.45, 2.75) is 83.5 Å². The maximum atomic E-state index is 6.54. The Balaban J connectivity index is 0.000000201. The molecule has 0 aliphatic heterocycles. The van der Waals surface area contributed by atoms with Gasteiger partial charge in [-0.3, -0.25) is 9.97 Å². The molecule has 0 aliphatic carbocycles. The molecule has 0 fully saturated rings. The van der Waals surface area contributed by atoms with Crippen LogP contribution in [-0.2, 0) is 20.1 Å². The molecule has 0 aliphatic rings. The van der Waals surface area contributed by atoms with E-state index >= 15 is 0 Å². The van der Waals surface area contributed by atoms with E-state index < -0.39 is 13.3 Å². The van der Waals surface area contributed by atoms with E-state index in [4.69, 9.17) is 19.4 Å². The minimum Gasteiger partial charge on any atom is -0.486 e. The zero-order chi connectivity index (χ0) is 46.3. The summed E-state index contributed by atoms with van der Waals surface area (Å²) in [5.74, 6) is 9.19. The summed E-state index contributed by atoms with van der Waals surface area (Å²) < 4.78 is 10.2. The van der Waals surface area contributed by atoms with Crippen LogP contribution in [0.4, 0.5) is 0 Å². The predicted octanol–water partition coefficient (Wildman–Crippen LogP) is 15.3. The number of aryl methyl sites for hydroxylation is 1. The third-order valence-corrected chi connectivity index (χ3v) is 16.7. The fourth-order valence-electron chi connectivity index (χ4n) is 8.73. The molecule has 0 N–H and O–H groups in total. The van der Waals surface area contributed by atoms with Crippen LogP contribution in [0.15, 0.2) is 150 Å². The van der Waals surface area contributed by atoms with Crippen LogP contribution in [-0.4, -0.2) is 37.8 Å². The van der Waals surface area contributed by atoms with E-state index in [9.17, 15) is 0 Å². The number of rotatable bonds is 9. The number of nitrogens with zero attached hydrogens (tertiary/aromatic N) is 5. The predicted molar refractivity (Wildman–Crippen MR) is 278 cm³/mol. The van der Waals surface area contributed by atoms with E-state index in [0.29, 0.717) is 17.5 Å². The molecule has 67 heavy (non-hydrogen) atoms. The van der Waals surface area contributed by atoms with E-state index in [2.05, 4.69) is 191 Å². The molecule has 0 amide bonds. The topological polar surface area (TPSA) is 69.6 Å². The quantitative estimate of drug-likeness (QED) is 0.106. The van der Waals surface area contributed by atoms with Gasteiger partial charge in [0.25, 0.3) is 0 Å². The van der Waals surface area contributed by atoms with Gasteiger partial charge in [0.1, 0.15) is 0 Å². The molecule has 0 saturated carbocycles. The number of benzene rings is 5. The minimum absolute atomic E-state index is 0. The second kappa shape index (κ2) is 19.7. The van der Waals surface area contributed by atoms with Crippen molar-refractivity contribution in [2.75, 3.05) is 0 Å². The summed E-state index contributed by atoms with van der Waals surface area (Å²) in [7, 11) is 0. The SMILES string of the molecule is CC(C)c1ccc(-c2cc(-c3[c-]cccc3)nc[c]2[Ge]([CH3])([CH3])[CH3])cc1.Cc1c[c-]c(-c2nc3cncc(C(C)C)c3n2-c2ccc(-c3ccccc3)cc2)c2oc3nc(C(C)C)ccc3c12.[Ir]. The zero-order valence-electron chi connectivity index (χ0n) is 40.1. The smallest absolute Gasteiger partial charge is 0.216 e. The molecule has 10 rings (SSSR count). The third kappa shape index (κ3) is 9.60. The van der Waals surface area contributed by atoms with Crippen molar-refractivity contribution in [2.24, 2.45) is 0 Å². The van der Waals surface area contributed by atoms with Gasteiger partial charge in [0, 0.05) is 43.1 Å². The van der Waals surface area contributed by atoms with Gasteiger partial charge in [-0.25, -0.2) is 4.98 Å². The number of furan rings is 1. The number of fused-ring (bicyclic) bond motifs is 4. The Bertz CT molecular complexity index is 3310. The molecule has 5 heterocycles. The maximum Gasteiger partial charge on any atom is 0.216 e. The molecule has 6 nitrogen and oxygen atoms in total. The molecule has 1 radical (unpaired) electrons. The molecule has 0 saturated heterocycles. The molecule has 0 spiro atoms. The molecule has 8 heteroatoms. The van der Waals surface area contributed by atoms with Crippen molar-refractivity contribution in [3.8, 4) is 50.6 Å². The molecule has 0 bridgehead atoms. The molecule has 0 atom stereocenters. The van der Waals surface area contributed by atoms with Crippen LogP contribution >= 0.6 is 0 Å². The first-order chi connectivity index (χ1) is 31.8. The Morgan fingerprint density at radius 2 is 1.37 bits per heavy atom. The molecule has 5 aromatic heterocycles. The Kier molecular flexibility index (Phi) is 14.0. The first-order valence-corrected chi connectivity index (χ1v) is 30.5. The van der Waals surface area contributed by atoms with Crippen LogP contribution in [0.25, 0.3) is 83.7 Å². The van der Waals surface area contributed by atoms with E-state index in [-0.39, 0.29) is 26.0 Å². The summed E-state index contributed by atoms with van der Waals surface area (Å²) in [5, 5.41) is 2.06. The van der Waals surface area contributed by atoms with E-state index in [1.807, 2.05) is 42.7 Å². The van der Waals surface area contributed by atoms with Crippen LogP contribution in [0.1, 0.15) is 81.7 Å². The van der Waals surface area contributed by atoms with Crippen molar-refractivity contribution in [1.82, 2.24) is 24.5 Å². The van der Waals surface area contributed by atoms with Crippen molar-refractivity contribution < 1.29 is 24.5 Å². The van der Waals surface area contributed by atoms with Crippen molar-refractivity contribution in [1.29, 1.82) is 0 Å². The van der Waals surface area contributed by atoms with Crippen molar-refractivity contribution >= 4 is 50.8 Å². The van der Waals surface area contributed by atoms with Gasteiger partial charge in [0.05, 0.1) is 28.6 Å². The normalized spacial score (nSPS) is 11.7.